The Morgan fingerprint density at radius 2 is 1.68 bits per heavy atom. The Morgan fingerprint density at radius 3 is 2.24 bits per heavy atom. The van der Waals surface area contributed by atoms with Crippen LogP contribution in [0.15, 0.2) is 18.2 Å². The van der Waals surface area contributed by atoms with Crippen molar-refractivity contribution in [1.82, 2.24) is 0 Å². The van der Waals surface area contributed by atoms with Gasteiger partial charge in [-0.05, 0) is 63.1 Å². The first kappa shape index (κ1) is 19.6. The Morgan fingerprint density at radius 1 is 1.04 bits per heavy atom. The molecule has 0 atom stereocenters. The van der Waals surface area contributed by atoms with Gasteiger partial charge < -0.3 is 14.4 Å². The molecule has 0 aromatic heterocycles. The van der Waals surface area contributed by atoms with Crippen molar-refractivity contribution >= 4 is 11.7 Å². The molecule has 1 aromatic rings. The summed E-state index contributed by atoms with van der Waals surface area (Å²) in [6, 6.07) is 6.31. The smallest absolute Gasteiger partial charge is 0.344 e. The maximum Gasteiger partial charge on any atom is 0.344 e. The van der Waals surface area contributed by atoms with Crippen LogP contribution in [0.4, 0.5) is 5.69 Å². The van der Waals surface area contributed by atoms with Crippen molar-refractivity contribution < 1.29 is 14.3 Å². The van der Waals surface area contributed by atoms with E-state index in [9.17, 15) is 4.79 Å². The van der Waals surface area contributed by atoms with Gasteiger partial charge in [-0.1, -0.05) is 26.8 Å². The van der Waals surface area contributed by atoms with Crippen molar-refractivity contribution in [3.63, 3.8) is 0 Å². The first-order chi connectivity index (χ1) is 11.6. The Balaban J connectivity index is 2.19. The standard InChI is InChI=1S/C21H33NO3/c1-20(2,3)16-10-11-18(24-15-19(23)25-21(4,5)6)17(14-16)22-12-8-7-9-13-22/h10-11,14H,7-9,12-13,15H2,1-6H3. The summed E-state index contributed by atoms with van der Waals surface area (Å²) in [5.41, 5.74) is 1.95. The lowest BCUT2D eigenvalue weighted by molar-refractivity contribution is -0.157. The van der Waals surface area contributed by atoms with Crippen LogP contribution in [0.5, 0.6) is 5.75 Å². The van der Waals surface area contributed by atoms with Crippen molar-refractivity contribution in [3.05, 3.63) is 23.8 Å². The van der Waals surface area contributed by atoms with Crippen LogP contribution < -0.4 is 9.64 Å². The molecule has 0 amide bonds. The molecule has 2 rings (SSSR count). The zero-order chi connectivity index (χ0) is 18.7. The molecular weight excluding hydrogens is 314 g/mol. The third-order valence-corrected chi connectivity index (χ3v) is 4.29. The molecule has 1 saturated heterocycles. The van der Waals surface area contributed by atoms with E-state index >= 15 is 0 Å². The molecule has 25 heavy (non-hydrogen) atoms. The van der Waals surface area contributed by atoms with E-state index in [1.54, 1.807) is 0 Å². The van der Waals surface area contributed by atoms with Crippen molar-refractivity contribution in [1.29, 1.82) is 0 Å². The predicted octanol–water partition coefficient (Wildman–Crippen LogP) is 4.69. The molecule has 1 aliphatic heterocycles. The number of piperidine rings is 1. The third kappa shape index (κ3) is 5.94. The lowest BCUT2D eigenvalue weighted by Crippen LogP contribution is -2.31. The van der Waals surface area contributed by atoms with Crippen molar-refractivity contribution in [2.75, 3.05) is 24.6 Å². The molecule has 1 aromatic carbocycles. The van der Waals surface area contributed by atoms with Gasteiger partial charge in [0.2, 0.25) is 0 Å². The minimum Gasteiger partial charge on any atom is -0.480 e. The zero-order valence-electron chi connectivity index (χ0n) is 16.6. The average Bonchev–Trinajstić information content (AvgIpc) is 2.51. The second-order valence-corrected chi connectivity index (χ2v) is 8.86. The van der Waals surface area contributed by atoms with Gasteiger partial charge in [-0.25, -0.2) is 4.79 Å². The molecule has 1 fully saturated rings. The quantitative estimate of drug-likeness (QED) is 0.740. The van der Waals surface area contributed by atoms with E-state index in [0.29, 0.717) is 0 Å². The SMILES string of the molecule is CC(C)(C)OC(=O)COc1ccc(C(C)(C)C)cc1N1CCCCC1. The highest BCUT2D eigenvalue weighted by molar-refractivity contribution is 5.72. The molecule has 4 nitrogen and oxygen atoms in total. The average molecular weight is 347 g/mol. The van der Waals surface area contributed by atoms with Gasteiger partial charge in [0, 0.05) is 13.1 Å². The molecular formula is C21H33NO3. The van der Waals surface area contributed by atoms with Crippen LogP contribution in [-0.2, 0) is 14.9 Å². The first-order valence-corrected chi connectivity index (χ1v) is 9.30. The van der Waals surface area contributed by atoms with Gasteiger partial charge in [0.25, 0.3) is 0 Å². The maximum absolute atomic E-state index is 12.0. The van der Waals surface area contributed by atoms with E-state index in [2.05, 4.69) is 37.8 Å². The number of nitrogens with zero attached hydrogens (tertiary/aromatic N) is 1. The maximum atomic E-state index is 12.0. The van der Waals surface area contributed by atoms with Gasteiger partial charge in [0.1, 0.15) is 11.4 Å². The summed E-state index contributed by atoms with van der Waals surface area (Å²) in [5, 5.41) is 0. The largest absolute Gasteiger partial charge is 0.480 e. The number of carbonyl (C=O) groups is 1. The van der Waals surface area contributed by atoms with Gasteiger partial charge in [-0.15, -0.1) is 0 Å². The number of ether oxygens (including phenoxy) is 2. The van der Waals surface area contributed by atoms with Crippen molar-refractivity contribution in [3.8, 4) is 5.75 Å². The summed E-state index contributed by atoms with van der Waals surface area (Å²) in [6.45, 7) is 14.2. The number of benzene rings is 1. The summed E-state index contributed by atoms with van der Waals surface area (Å²) in [7, 11) is 0. The molecule has 1 heterocycles. The van der Waals surface area contributed by atoms with Gasteiger partial charge in [0.15, 0.2) is 6.61 Å². The van der Waals surface area contributed by atoms with Crippen LogP contribution in [0, 0.1) is 0 Å². The fourth-order valence-electron chi connectivity index (χ4n) is 3.00. The molecule has 0 bridgehead atoms. The molecule has 0 saturated carbocycles. The van der Waals surface area contributed by atoms with Crippen molar-refractivity contribution in [2.24, 2.45) is 0 Å². The number of rotatable bonds is 4. The third-order valence-electron chi connectivity index (χ3n) is 4.29. The van der Waals surface area contributed by atoms with E-state index in [-0.39, 0.29) is 18.0 Å². The van der Waals surface area contributed by atoms with Crippen LogP contribution in [0.25, 0.3) is 0 Å². The summed E-state index contributed by atoms with van der Waals surface area (Å²) in [4.78, 5) is 14.4. The molecule has 0 aliphatic carbocycles. The number of esters is 1. The van der Waals surface area contributed by atoms with Gasteiger partial charge in [0.05, 0.1) is 5.69 Å². The van der Waals surface area contributed by atoms with Crippen molar-refractivity contribution in [2.45, 2.75) is 71.8 Å². The number of hydrogen-bond acceptors (Lipinski definition) is 4. The normalized spacial score (nSPS) is 15.8. The summed E-state index contributed by atoms with van der Waals surface area (Å²) >= 11 is 0. The monoisotopic (exact) mass is 347 g/mol. The predicted molar refractivity (Wildman–Crippen MR) is 103 cm³/mol. The van der Waals surface area contributed by atoms with Gasteiger partial charge in [-0.2, -0.15) is 0 Å². The minimum absolute atomic E-state index is 0.0625. The first-order valence-electron chi connectivity index (χ1n) is 9.30. The van der Waals surface area contributed by atoms with E-state index in [1.807, 2.05) is 26.8 Å². The Kier molecular flexibility index (Phi) is 6.02. The van der Waals surface area contributed by atoms with Crippen LogP contribution in [-0.4, -0.2) is 31.3 Å². The molecule has 0 radical (unpaired) electrons. The minimum atomic E-state index is -0.494. The summed E-state index contributed by atoms with van der Waals surface area (Å²) < 4.78 is 11.2. The number of carbonyl (C=O) groups excluding carboxylic acids is 1. The molecule has 0 unspecified atom stereocenters. The summed E-state index contributed by atoms with van der Waals surface area (Å²) in [6.07, 6.45) is 3.68. The topological polar surface area (TPSA) is 38.8 Å². The van der Waals surface area contributed by atoms with Gasteiger partial charge in [-0.3, -0.25) is 0 Å². The van der Waals surface area contributed by atoms with Crippen LogP contribution in [0.3, 0.4) is 0 Å². The fraction of sp³-hybridized carbons (Fsp3) is 0.667. The summed E-state index contributed by atoms with van der Waals surface area (Å²) in [5.74, 6) is 0.428. The molecule has 140 valence electrons. The zero-order valence-corrected chi connectivity index (χ0v) is 16.6. The van der Waals surface area contributed by atoms with E-state index in [4.69, 9.17) is 9.47 Å². The highest BCUT2D eigenvalue weighted by Gasteiger charge is 2.22. The molecule has 0 N–H and O–H groups in total. The second-order valence-electron chi connectivity index (χ2n) is 8.86. The number of hydrogen-bond donors (Lipinski definition) is 0. The molecule has 1 aliphatic rings. The Labute approximate surface area is 152 Å². The van der Waals surface area contributed by atoms with E-state index in [0.717, 1.165) is 24.5 Å². The Bertz CT molecular complexity index is 590. The Hall–Kier alpha value is -1.71. The molecule has 4 heteroatoms. The van der Waals surface area contributed by atoms with E-state index < -0.39 is 5.60 Å². The van der Waals surface area contributed by atoms with Crippen LogP contribution in [0.1, 0.15) is 66.4 Å². The van der Waals surface area contributed by atoms with Gasteiger partial charge >= 0.3 is 5.97 Å². The fourth-order valence-corrected chi connectivity index (χ4v) is 3.00. The second kappa shape index (κ2) is 7.67. The highest BCUT2D eigenvalue weighted by Crippen LogP contribution is 2.35. The number of anilines is 1. The van der Waals surface area contributed by atoms with Crippen LogP contribution in [0.2, 0.25) is 0 Å². The lowest BCUT2D eigenvalue weighted by Gasteiger charge is -2.32. The highest BCUT2D eigenvalue weighted by atomic mass is 16.6. The van der Waals surface area contributed by atoms with E-state index in [1.165, 1.54) is 24.8 Å². The lowest BCUT2D eigenvalue weighted by atomic mass is 9.86. The molecule has 0 spiro atoms. The van der Waals surface area contributed by atoms with Crippen LogP contribution >= 0.6 is 0 Å².